The predicted molar refractivity (Wildman–Crippen MR) is 116 cm³/mol. The van der Waals surface area contributed by atoms with Crippen LogP contribution in [-0.2, 0) is 13.7 Å². The van der Waals surface area contributed by atoms with E-state index in [1.807, 2.05) is 19.1 Å². The molecule has 0 saturated carbocycles. The van der Waals surface area contributed by atoms with Crippen molar-refractivity contribution in [2.75, 3.05) is 7.11 Å². The quantitative estimate of drug-likeness (QED) is 0.231. The highest BCUT2D eigenvalue weighted by Gasteiger charge is 2.12. The number of hydrogen-bond acceptors (Lipinski definition) is 6. The second-order valence-corrected chi connectivity index (χ2v) is 7.06. The fourth-order valence-electron chi connectivity index (χ4n) is 3.20. The van der Waals surface area contributed by atoms with Crippen LogP contribution in [0.15, 0.2) is 48.5 Å². The Bertz CT molecular complexity index is 1160. The molecule has 1 heterocycles. The Labute approximate surface area is 179 Å². The third kappa shape index (κ3) is 5.16. The third-order valence-electron chi connectivity index (χ3n) is 4.75. The molecule has 0 N–H and O–H groups in total. The van der Waals surface area contributed by atoms with E-state index in [1.165, 1.54) is 12.1 Å². The minimum Gasteiger partial charge on any atom is -0.496 e. The first-order valence-corrected chi connectivity index (χ1v) is 9.56. The van der Waals surface area contributed by atoms with Gasteiger partial charge in [0, 0.05) is 24.2 Å². The van der Waals surface area contributed by atoms with E-state index in [1.54, 1.807) is 56.1 Å². The van der Waals surface area contributed by atoms with Gasteiger partial charge in [-0.25, -0.2) is 0 Å². The molecule has 8 nitrogen and oxygen atoms in total. The number of nitro benzene ring substituents is 1. The molecule has 0 aliphatic heterocycles. The monoisotopic (exact) mass is 421 g/mol. The normalized spacial score (nSPS) is 11.0. The van der Waals surface area contributed by atoms with Crippen molar-refractivity contribution in [2.45, 2.75) is 20.5 Å². The molecule has 0 bridgehead atoms. The Morgan fingerprint density at radius 1 is 1.19 bits per heavy atom. The molecule has 0 aliphatic carbocycles. The highest BCUT2D eigenvalue weighted by atomic mass is 16.6. The minimum absolute atomic E-state index is 0.0466. The molecular weight excluding hydrogens is 398 g/mol. The van der Waals surface area contributed by atoms with E-state index in [-0.39, 0.29) is 18.1 Å². The number of methoxy groups -OCH3 is 1. The van der Waals surface area contributed by atoms with E-state index in [2.05, 4.69) is 5.10 Å². The number of ketones is 1. The summed E-state index contributed by atoms with van der Waals surface area (Å²) in [5, 5.41) is 15.2. The molecule has 0 unspecified atom stereocenters. The Balaban J connectivity index is 1.76. The van der Waals surface area contributed by atoms with Crippen LogP contribution >= 0.6 is 0 Å². The van der Waals surface area contributed by atoms with Gasteiger partial charge in [-0.3, -0.25) is 19.6 Å². The van der Waals surface area contributed by atoms with E-state index in [9.17, 15) is 14.9 Å². The van der Waals surface area contributed by atoms with Crippen LogP contribution in [0.25, 0.3) is 6.08 Å². The predicted octanol–water partition coefficient (Wildman–Crippen LogP) is 4.43. The molecule has 1 aromatic heterocycles. The average molecular weight is 421 g/mol. The average Bonchev–Trinajstić information content (AvgIpc) is 3.08. The molecule has 31 heavy (non-hydrogen) atoms. The first kappa shape index (κ1) is 21.8. The number of hydrogen-bond donors (Lipinski definition) is 0. The summed E-state index contributed by atoms with van der Waals surface area (Å²) in [6.45, 7) is 3.71. The van der Waals surface area contributed by atoms with E-state index >= 15 is 0 Å². The van der Waals surface area contributed by atoms with Gasteiger partial charge in [-0.05, 0) is 55.8 Å². The van der Waals surface area contributed by atoms with Crippen LogP contribution < -0.4 is 9.47 Å². The molecule has 3 rings (SSSR count). The van der Waals surface area contributed by atoms with Gasteiger partial charge in [0.25, 0.3) is 5.69 Å². The zero-order valence-corrected chi connectivity index (χ0v) is 17.8. The second kappa shape index (κ2) is 9.25. The van der Waals surface area contributed by atoms with Gasteiger partial charge in [0.1, 0.15) is 23.8 Å². The van der Waals surface area contributed by atoms with Crippen LogP contribution in [0.4, 0.5) is 5.69 Å². The van der Waals surface area contributed by atoms with Crippen LogP contribution in [-0.4, -0.2) is 27.6 Å². The summed E-state index contributed by atoms with van der Waals surface area (Å²) in [5.74, 6) is 1.02. The molecule has 0 fully saturated rings. The van der Waals surface area contributed by atoms with Crippen LogP contribution in [0.2, 0.25) is 0 Å². The lowest BCUT2D eigenvalue weighted by Crippen LogP contribution is -2.04. The molecule has 0 amide bonds. The summed E-state index contributed by atoms with van der Waals surface area (Å²) in [6, 6.07) is 11.9. The van der Waals surface area contributed by atoms with Gasteiger partial charge in [0.05, 0.1) is 17.7 Å². The van der Waals surface area contributed by atoms with Crippen molar-refractivity contribution in [2.24, 2.45) is 7.05 Å². The molecule has 0 aliphatic rings. The van der Waals surface area contributed by atoms with Gasteiger partial charge in [-0.15, -0.1) is 0 Å². The van der Waals surface area contributed by atoms with E-state index < -0.39 is 4.92 Å². The number of nitro groups is 1. The maximum atomic E-state index is 12.4. The Morgan fingerprint density at radius 2 is 1.97 bits per heavy atom. The maximum absolute atomic E-state index is 12.4. The third-order valence-corrected chi connectivity index (χ3v) is 4.75. The van der Waals surface area contributed by atoms with Crippen molar-refractivity contribution < 1.29 is 19.2 Å². The van der Waals surface area contributed by atoms with Gasteiger partial charge < -0.3 is 9.47 Å². The number of benzene rings is 2. The smallest absolute Gasteiger partial charge is 0.272 e. The molecule has 160 valence electrons. The van der Waals surface area contributed by atoms with Crippen LogP contribution in [0.3, 0.4) is 0 Å². The Hall–Kier alpha value is -3.94. The number of nitrogens with zero attached hydrogens (tertiary/aromatic N) is 3. The molecule has 0 saturated heterocycles. The van der Waals surface area contributed by atoms with Crippen LogP contribution in [0.1, 0.15) is 32.9 Å². The summed E-state index contributed by atoms with van der Waals surface area (Å²) in [4.78, 5) is 23.0. The molecule has 0 radical (unpaired) electrons. The number of aromatic nitrogens is 2. The first-order chi connectivity index (χ1) is 14.8. The molecule has 8 heteroatoms. The van der Waals surface area contributed by atoms with Crippen molar-refractivity contribution >= 4 is 17.5 Å². The lowest BCUT2D eigenvalue weighted by molar-refractivity contribution is -0.385. The highest BCUT2D eigenvalue weighted by molar-refractivity contribution is 6.05. The van der Waals surface area contributed by atoms with Gasteiger partial charge in [0.15, 0.2) is 0 Å². The molecule has 3 aromatic rings. The van der Waals surface area contributed by atoms with Gasteiger partial charge >= 0.3 is 0 Å². The number of carbonyl (C=O) groups excluding carboxylic acids is 1. The maximum Gasteiger partial charge on any atom is 0.272 e. The van der Waals surface area contributed by atoms with Crippen LogP contribution in [0, 0.1) is 24.0 Å². The second-order valence-electron chi connectivity index (χ2n) is 7.06. The van der Waals surface area contributed by atoms with Gasteiger partial charge in [-0.1, -0.05) is 12.1 Å². The fourth-order valence-corrected chi connectivity index (χ4v) is 3.20. The van der Waals surface area contributed by atoms with Gasteiger partial charge in [0.2, 0.25) is 5.78 Å². The molecule has 0 atom stereocenters. The first-order valence-electron chi connectivity index (χ1n) is 9.56. The molecule has 2 aromatic carbocycles. The number of rotatable bonds is 8. The van der Waals surface area contributed by atoms with E-state index in [4.69, 9.17) is 9.47 Å². The minimum atomic E-state index is -0.425. The Morgan fingerprint density at radius 3 is 2.58 bits per heavy atom. The van der Waals surface area contributed by atoms with E-state index in [0.29, 0.717) is 22.8 Å². The number of ether oxygens (including phenoxy) is 2. The highest BCUT2D eigenvalue weighted by Crippen LogP contribution is 2.26. The fraction of sp³-hybridized carbons (Fsp3) is 0.217. The SMILES string of the molecule is COc1ccc(/C=C/C(=O)c2cc(C)nn2C)cc1COc1ccc([N+](=O)[O-])c(C)c1. The standard InChI is InChI=1S/C23H23N3O5/c1-15-11-19(7-8-20(15)26(28)29)31-14-18-13-17(6-10-23(18)30-4)5-9-22(27)21-12-16(2)24-25(21)3/h5-13H,14H2,1-4H3/b9-5+. The topological polar surface area (TPSA) is 96.5 Å². The van der Waals surface area contributed by atoms with Crippen molar-refractivity contribution in [3.05, 3.63) is 86.7 Å². The number of carbonyl (C=O) groups is 1. The summed E-state index contributed by atoms with van der Waals surface area (Å²) in [5.41, 5.74) is 3.46. The Kier molecular flexibility index (Phi) is 6.49. The lowest BCUT2D eigenvalue weighted by atomic mass is 10.1. The summed E-state index contributed by atoms with van der Waals surface area (Å²) < 4.78 is 12.8. The number of allylic oxidation sites excluding steroid dienone is 1. The van der Waals surface area contributed by atoms with Crippen molar-refractivity contribution in [3.63, 3.8) is 0 Å². The zero-order chi connectivity index (χ0) is 22.5. The summed E-state index contributed by atoms with van der Waals surface area (Å²) in [7, 11) is 3.30. The van der Waals surface area contributed by atoms with Crippen molar-refractivity contribution in [1.82, 2.24) is 9.78 Å². The zero-order valence-electron chi connectivity index (χ0n) is 17.8. The van der Waals surface area contributed by atoms with Crippen LogP contribution in [0.5, 0.6) is 11.5 Å². The largest absolute Gasteiger partial charge is 0.496 e. The summed E-state index contributed by atoms with van der Waals surface area (Å²) >= 11 is 0. The van der Waals surface area contributed by atoms with Crippen molar-refractivity contribution in [1.29, 1.82) is 0 Å². The van der Waals surface area contributed by atoms with E-state index in [0.717, 1.165) is 16.8 Å². The molecular formula is C23H23N3O5. The summed E-state index contributed by atoms with van der Waals surface area (Å²) in [6.07, 6.45) is 3.23. The molecule has 0 spiro atoms. The van der Waals surface area contributed by atoms with Crippen molar-refractivity contribution in [3.8, 4) is 11.5 Å². The lowest BCUT2D eigenvalue weighted by Gasteiger charge is -2.12. The number of aryl methyl sites for hydroxylation is 3. The van der Waals surface area contributed by atoms with Gasteiger partial charge in [-0.2, -0.15) is 5.10 Å².